The number of carbonyl (C=O) groups excluding carboxylic acids is 1. The van der Waals surface area contributed by atoms with Gasteiger partial charge in [0.05, 0.1) is 0 Å². The lowest BCUT2D eigenvalue weighted by molar-refractivity contribution is -0.120. The van der Waals surface area contributed by atoms with E-state index in [0.717, 1.165) is 19.4 Å². The number of sulfone groups is 1. The molecule has 104 valence electrons. The van der Waals surface area contributed by atoms with Gasteiger partial charge in [0.15, 0.2) is 9.84 Å². The lowest BCUT2D eigenvalue weighted by atomic mass is 9.94. The van der Waals surface area contributed by atoms with Gasteiger partial charge in [0, 0.05) is 31.5 Å². The van der Waals surface area contributed by atoms with Gasteiger partial charge in [-0.1, -0.05) is 0 Å². The molecular weight excluding hydrogens is 264 g/mol. The van der Waals surface area contributed by atoms with Crippen LogP contribution in [0.5, 0.6) is 0 Å². The first kappa shape index (κ1) is 14.0. The Labute approximate surface area is 113 Å². The van der Waals surface area contributed by atoms with Gasteiger partial charge in [-0.15, -0.1) is 0 Å². The molecule has 1 unspecified atom stereocenters. The molecule has 0 bridgehead atoms. The molecule has 1 atom stereocenters. The Balaban J connectivity index is 2.34. The maximum atomic E-state index is 11.8. The highest BCUT2D eigenvalue weighted by atomic mass is 32.2. The number of piperidine rings is 1. The average Bonchev–Trinajstić information content (AvgIpc) is 2.38. The molecule has 1 fully saturated rings. The summed E-state index contributed by atoms with van der Waals surface area (Å²) in [5.74, 6) is 0.598. The Bertz CT molecular complexity index is 583. The third-order valence-corrected chi connectivity index (χ3v) is 4.56. The molecule has 0 N–H and O–H groups in total. The van der Waals surface area contributed by atoms with E-state index in [0.29, 0.717) is 12.4 Å². The predicted molar refractivity (Wildman–Crippen MR) is 73.0 cm³/mol. The summed E-state index contributed by atoms with van der Waals surface area (Å²) in [6, 6.07) is 3.18. The lowest BCUT2D eigenvalue weighted by Gasteiger charge is -2.33. The van der Waals surface area contributed by atoms with Crippen molar-refractivity contribution in [1.29, 1.82) is 0 Å². The van der Waals surface area contributed by atoms with Gasteiger partial charge in [0.25, 0.3) is 0 Å². The zero-order valence-corrected chi connectivity index (χ0v) is 12.0. The summed E-state index contributed by atoms with van der Waals surface area (Å²) >= 11 is 0. The minimum Gasteiger partial charge on any atom is -0.355 e. The largest absolute Gasteiger partial charge is 0.355 e. The Kier molecular flexibility index (Phi) is 3.89. The molecule has 1 aliphatic rings. The van der Waals surface area contributed by atoms with Crippen molar-refractivity contribution in [3.05, 3.63) is 18.3 Å². The number of hydrogen-bond acceptors (Lipinski definition) is 5. The summed E-state index contributed by atoms with van der Waals surface area (Å²) in [5.41, 5.74) is 0. The normalized spacial score (nSPS) is 20.3. The molecule has 0 spiro atoms. The Morgan fingerprint density at radius 2 is 2.21 bits per heavy atom. The van der Waals surface area contributed by atoms with Gasteiger partial charge in [-0.25, -0.2) is 13.4 Å². The van der Waals surface area contributed by atoms with Crippen LogP contribution < -0.4 is 4.90 Å². The van der Waals surface area contributed by atoms with Crippen LogP contribution in [0.4, 0.5) is 5.82 Å². The van der Waals surface area contributed by atoms with E-state index in [1.165, 1.54) is 6.26 Å². The van der Waals surface area contributed by atoms with E-state index in [4.69, 9.17) is 0 Å². The summed E-state index contributed by atoms with van der Waals surface area (Å²) in [7, 11) is -3.31. The number of rotatable bonds is 3. The summed E-state index contributed by atoms with van der Waals surface area (Å²) in [4.78, 5) is 17.8. The van der Waals surface area contributed by atoms with Crippen LogP contribution >= 0.6 is 0 Å². The molecule has 0 amide bonds. The summed E-state index contributed by atoms with van der Waals surface area (Å²) in [5, 5.41) is 0. The van der Waals surface area contributed by atoms with Crippen molar-refractivity contribution >= 4 is 21.4 Å². The van der Waals surface area contributed by atoms with Gasteiger partial charge in [-0.3, -0.25) is 4.79 Å². The van der Waals surface area contributed by atoms with Gasteiger partial charge in [0.1, 0.15) is 16.5 Å². The van der Waals surface area contributed by atoms with Crippen molar-refractivity contribution in [3.63, 3.8) is 0 Å². The Morgan fingerprint density at radius 3 is 2.84 bits per heavy atom. The van der Waals surface area contributed by atoms with E-state index in [1.807, 2.05) is 4.90 Å². The molecule has 1 saturated heterocycles. The number of anilines is 1. The molecule has 2 heterocycles. The summed E-state index contributed by atoms with van der Waals surface area (Å²) < 4.78 is 23.6. The maximum Gasteiger partial charge on any atom is 0.179 e. The van der Waals surface area contributed by atoms with Crippen LogP contribution in [0.1, 0.15) is 19.8 Å². The minimum atomic E-state index is -3.31. The summed E-state index contributed by atoms with van der Waals surface area (Å²) in [6.07, 6.45) is 4.51. The molecule has 5 nitrogen and oxygen atoms in total. The van der Waals surface area contributed by atoms with E-state index in [2.05, 4.69) is 4.98 Å². The third kappa shape index (κ3) is 3.12. The lowest BCUT2D eigenvalue weighted by Crippen LogP contribution is -2.39. The molecular formula is C13H18N2O3S. The third-order valence-electron chi connectivity index (χ3n) is 3.45. The monoisotopic (exact) mass is 282 g/mol. The van der Waals surface area contributed by atoms with E-state index in [9.17, 15) is 13.2 Å². The van der Waals surface area contributed by atoms with E-state index < -0.39 is 9.84 Å². The predicted octanol–water partition coefficient (Wildman–Crippen LogP) is 1.29. The SMILES string of the molecule is CC(=O)C1CCCN(c2ncccc2S(C)(=O)=O)C1. The summed E-state index contributed by atoms with van der Waals surface area (Å²) in [6.45, 7) is 2.88. The fourth-order valence-corrected chi connectivity index (χ4v) is 3.25. The van der Waals surface area contributed by atoms with Crippen LogP contribution in [0.3, 0.4) is 0 Å². The first-order chi connectivity index (χ1) is 8.89. The second-order valence-corrected chi connectivity index (χ2v) is 6.98. The van der Waals surface area contributed by atoms with Crippen molar-refractivity contribution in [3.8, 4) is 0 Å². The number of hydrogen-bond donors (Lipinski definition) is 0. The zero-order valence-electron chi connectivity index (χ0n) is 11.2. The highest BCUT2D eigenvalue weighted by Crippen LogP contribution is 2.27. The Hall–Kier alpha value is -1.43. The quantitative estimate of drug-likeness (QED) is 0.835. The number of nitrogens with zero attached hydrogens (tertiary/aromatic N) is 2. The van der Waals surface area contributed by atoms with Gasteiger partial charge in [0.2, 0.25) is 0 Å². The molecule has 0 aromatic carbocycles. The van der Waals surface area contributed by atoms with Crippen LogP contribution in [0.2, 0.25) is 0 Å². The van der Waals surface area contributed by atoms with Crippen molar-refractivity contribution < 1.29 is 13.2 Å². The molecule has 19 heavy (non-hydrogen) atoms. The average molecular weight is 282 g/mol. The fourth-order valence-electron chi connectivity index (χ4n) is 2.41. The van der Waals surface area contributed by atoms with Gasteiger partial charge < -0.3 is 4.90 Å². The Morgan fingerprint density at radius 1 is 1.47 bits per heavy atom. The van der Waals surface area contributed by atoms with Crippen LogP contribution in [0.25, 0.3) is 0 Å². The first-order valence-corrected chi connectivity index (χ1v) is 8.19. The maximum absolute atomic E-state index is 11.8. The second kappa shape index (κ2) is 5.28. The highest BCUT2D eigenvalue weighted by Gasteiger charge is 2.27. The number of carbonyl (C=O) groups is 1. The van der Waals surface area contributed by atoms with E-state index in [1.54, 1.807) is 25.3 Å². The first-order valence-electron chi connectivity index (χ1n) is 6.30. The molecule has 0 radical (unpaired) electrons. The molecule has 1 aromatic rings. The molecule has 0 aliphatic carbocycles. The molecule has 1 aliphatic heterocycles. The van der Waals surface area contributed by atoms with E-state index >= 15 is 0 Å². The van der Waals surface area contributed by atoms with Gasteiger partial charge >= 0.3 is 0 Å². The van der Waals surface area contributed by atoms with Crippen molar-refractivity contribution in [2.24, 2.45) is 5.92 Å². The number of ketones is 1. The number of Topliss-reactive ketones (excluding diaryl/α,β-unsaturated/α-hetero) is 1. The van der Waals surface area contributed by atoms with Crippen LogP contribution in [0.15, 0.2) is 23.2 Å². The van der Waals surface area contributed by atoms with E-state index in [-0.39, 0.29) is 16.6 Å². The number of pyridine rings is 1. The van der Waals surface area contributed by atoms with Crippen LogP contribution in [-0.2, 0) is 14.6 Å². The minimum absolute atomic E-state index is 0.0248. The zero-order chi connectivity index (χ0) is 14.0. The smallest absolute Gasteiger partial charge is 0.179 e. The molecule has 6 heteroatoms. The van der Waals surface area contributed by atoms with Crippen LogP contribution in [0, 0.1) is 5.92 Å². The van der Waals surface area contributed by atoms with Gasteiger partial charge in [-0.2, -0.15) is 0 Å². The van der Waals surface area contributed by atoms with Crippen molar-refractivity contribution in [2.75, 3.05) is 24.2 Å². The van der Waals surface area contributed by atoms with Crippen molar-refractivity contribution in [2.45, 2.75) is 24.7 Å². The van der Waals surface area contributed by atoms with Crippen molar-refractivity contribution in [1.82, 2.24) is 4.98 Å². The highest BCUT2D eigenvalue weighted by molar-refractivity contribution is 7.90. The fraction of sp³-hybridized carbons (Fsp3) is 0.538. The van der Waals surface area contributed by atoms with Gasteiger partial charge in [-0.05, 0) is 31.9 Å². The number of aromatic nitrogens is 1. The van der Waals surface area contributed by atoms with Crippen LogP contribution in [-0.4, -0.2) is 38.5 Å². The standard InChI is InChI=1S/C13H18N2O3S/c1-10(16)11-5-4-8-15(9-11)13-12(19(2,17)18)6-3-7-14-13/h3,6-7,11H,4-5,8-9H2,1-2H3. The topological polar surface area (TPSA) is 67.3 Å². The molecule has 0 saturated carbocycles. The molecule has 2 rings (SSSR count). The second-order valence-electron chi connectivity index (χ2n) is 4.99. The molecule has 1 aromatic heterocycles.